The lowest BCUT2D eigenvalue weighted by atomic mass is 9.44. The molecule has 0 radical (unpaired) electrons. The van der Waals surface area contributed by atoms with Crippen LogP contribution in [0.2, 0.25) is 0 Å². The number of anilines is 2. The number of alkyl carbamates (subject to hydrolysis) is 1. The van der Waals surface area contributed by atoms with Crippen LogP contribution in [0.5, 0.6) is 0 Å². The molecule has 5 aromatic rings. The summed E-state index contributed by atoms with van der Waals surface area (Å²) in [5.41, 5.74) is -1.90. The zero-order chi connectivity index (χ0) is 71.2. The number of methoxy groups -OCH3 is 2. The van der Waals surface area contributed by atoms with E-state index >= 15 is 9.59 Å². The number of nitrogens with two attached hydrogens (primary N) is 1. The molecular formula is C69H83N9O20. The number of aromatic amines is 1. The number of hydrogen-bond acceptors (Lipinski definition) is 24. The molecule has 0 spiro atoms. The number of carbonyl (C=O) groups is 9. The Labute approximate surface area is 564 Å². The van der Waals surface area contributed by atoms with Crippen molar-refractivity contribution in [3.8, 4) is 0 Å². The van der Waals surface area contributed by atoms with E-state index < -0.39 is 161 Å². The Morgan fingerprint density at radius 3 is 2.16 bits per heavy atom. The van der Waals surface area contributed by atoms with Crippen molar-refractivity contribution in [3.05, 3.63) is 135 Å². The predicted molar refractivity (Wildman–Crippen MR) is 348 cm³/mol. The minimum atomic E-state index is -2.39. The van der Waals surface area contributed by atoms with E-state index in [1.54, 1.807) is 109 Å². The highest BCUT2D eigenvalue weighted by molar-refractivity contribution is 5.97. The number of amides is 3. The number of esters is 4. The highest BCUT2D eigenvalue weighted by Crippen LogP contribution is 2.65. The third-order valence-corrected chi connectivity index (χ3v) is 18.8. The smallest absolute Gasteiger partial charge is 0.408 e. The maximum absolute atomic E-state index is 16.0. The number of ketones is 1. The molecule has 2 saturated carbocycles. The number of ether oxygens (including phenoxy) is 8. The summed E-state index contributed by atoms with van der Waals surface area (Å²) in [4.78, 5) is 153. The first-order valence-corrected chi connectivity index (χ1v) is 32.1. The van der Waals surface area contributed by atoms with E-state index in [4.69, 9.17) is 43.6 Å². The second-order valence-electron chi connectivity index (χ2n) is 26.6. The van der Waals surface area contributed by atoms with Gasteiger partial charge in [0.2, 0.25) is 18.0 Å². The topological polar surface area (TPSA) is 414 Å². The number of unbranched alkanes of at least 4 members (excludes halogenated alkanes) is 1. The predicted octanol–water partition coefficient (Wildman–Crippen LogP) is 5.29. The first-order valence-electron chi connectivity index (χ1n) is 32.1. The zero-order valence-electron chi connectivity index (χ0n) is 56.1. The normalized spacial score (nSPS) is 24.8. The van der Waals surface area contributed by atoms with Crippen molar-refractivity contribution in [2.24, 2.45) is 16.7 Å². The van der Waals surface area contributed by atoms with Gasteiger partial charge in [0, 0.05) is 64.5 Å². The van der Waals surface area contributed by atoms with Gasteiger partial charge in [-0.2, -0.15) is 4.98 Å². The van der Waals surface area contributed by atoms with Crippen molar-refractivity contribution in [2.75, 3.05) is 38.4 Å². The van der Waals surface area contributed by atoms with Gasteiger partial charge in [-0.3, -0.25) is 33.8 Å². The van der Waals surface area contributed by atoms with Gasteiger partial charge in [0.1, 0.15) is 53.5 Å². The Balaban J connectivity index is 0.912. The van der Waals surface area contributed by atoms with Crippen molar-refractivity contribution >= 4 is 76.5 Å². The van der Waals surface area contributed by atoms with Crippen molar-refractivity contribution in [3.63, 3.8) is 0 Å². The van der Waals surface area contributed by atoms with Crippen LogP contribution in [0.25, 0.3) is 11.2 Å². The van der Waals surface area contributed by atoms with Crippen LogP contribution in [0.4, 0.5) is 16.6 Å². The summed E-state index contributed by atoms with van der Waals surface area (Å²) in [6.45, 7) is 12.5. The van der Waals surface area contributed by atoms with Gasteiger partial charge in [0.25, 0.3) is 11.5 Å². The Hall–Kier alpha value is -9.71. The van der Waals surface area contributed by atoms with Gasteiger partial charge in [0.05, 0.1) is 42.2 Å². The number of Topliss-reactive ketones (excluding diaryl/α,β-unsaturated/α-hetero) is 1. The Bertz CT molecular complexity index is 3940. The lowest BCUT2D eigenvalue weighted by Crippen LogP contribution is -2.82. The molecule has 524 valence electrons. The van der Waals surface area contributed by atoms with E-state index in [0.717, 1.165) is 5.56 Å². The molecule has 1 aliphatic heterocycles. The molecule has 12 unspecified atom stereocenters. The third kappa shape index (κ3) is 15.2. The van der Waals surface area contributed by atoms with Crippen molar-refractivity contribution in [2.45, 2.75) is 172 Å². The number of H-pyrrole nitrogens is 1. The quantitative estimate of drug-likeness (QED) is 0.0159. The summed E-state index contributed by atoms with van der Waals surface area (Å²) in [5, 5.41) is 35.1. The molecule has 2 bridgehead atoms. The van der Waals surface area contributed by atoms with Gasteiger partial charge in [0.15, 0.2) is 22.5 Å². The molecule has 12 atom stereocenters. The fourth-order valence-corrected chi connectivity index (χ4v) is 13.9. The average Bonchev–Trinajstić information content (AvgIpc) is 0.669. The number of fused-ring (bicyclic) bond motifs is 6. The molecule has 9 rings (SSSR count). The second-order valence-corrected chi connectivity index (χ2v) is 26.6. The highest BCUT2D eigenvalue weighted by atomic mass is 16.6. The molecule has 3 aromatic carbocycles. The van der Waals surface area contributed by atoms with Gasteiger partial charge in [-0.25, -0.2) is 29.1 Å². The van der Waals surface area contributed by atoms with Gasteiger partial charge in [-0.1, -0.05) is 74.5 Å². The van der Waals surface area contributed by atoms with E-state index in [-0.39, 0.29) is 96.1 Å². The van der Waals surface area contributed by atoms with E-state index in [9.17, 15) is 48.6 Å². The number of aliphatic hydroxyl groups is 1. The summed E-state index contributed by atoms with van der Waals surface area (Å²) >= 11 is 0. The van der Waals surface area contributed by atoms with Crippen LogP contribution in [-0.4, -0.2) is 171 Å². The van der Waals surface area contributed by atoms with Crippen molar-refractivity contribution in [1.29, 1.82) is 0 Å². The summed E-state index contributed by atoms with van der Waals surface area (Å²) in [6.07, 6.45) is -9.66. The molecule has 2 aromatic heterocycles. The molecule has 3 amide bonds. The lowest BCUT2D eigenvalue weighted by molar-refractivity contribution is -0.347. The van der Waals surface area contributed by atoms with Crippen LogP contribution in [-0.2, 0) is 73.2 Å². The molecule has 29 heteroatoms. The van der Waals surface area contributed by atoms with Crippen LogP contribution < -0.4 is 32.6 Å². The monoisotopic (exact) mass is 1360 g/mol. The average molecular weight is 1360 g/mol. The Morgan fingerprint density at radius 2 is 1.54 bits per heavy atom. The van der Waals surface area contributed by atoms with Gasteiger partial charge in [-0.15, -0.1) is 0 Å². The van der Waals surface area contributed by atoms with E-state index in [1.807, 2.05) is 0 Å². The van der Waals surface area contributed by atoms with Crippen molar-refractivity contribution < 1.29 is 91.3 Å². The molecular weight excluding hydrogens is 1270 g/mol. The number of nitrogen functional groups attached to an aromatic ring is 1. The van der Waals surface area contributed by atoms with Gasteiger partial charge in [-0.05, 0) is 100 Å². The lowest BCUT2D eigenvalue weighted by Gasteiger charge is -2.67. The first-order chi connectivity index (χ1) is 46.3. The molecule has 1 saturated heterocycles. The fraction of sp³-hybridized carbons (Fsp3) is 0.493. The molecule has 3 aliphatic carbocycles. The fourth-order valence-electron chi connectivity index (χ4n) is 13.9. The number of carboxylic acid groups (broad SMARTS) is 1. The summed E-state index contributed by atoms with van der Waals surface area (Å²) in [5.74, 6) is -8.46. The second kappa shape index (κ2) is 29.6. The van der Waals surface area contributed by atoms with Crippen LogP contribution in [0.15, 0.2) is 107 Å². The van der Waals surface area contributed by atoms with Crippen LogP contribution in [0, 0.1) is 16.7 Å². The number of nitrogens with one attached hydrogen (secondary N) is 5. The largest absolute Gasteiger partial charge is 0.480 e. The number of aliphatic carboxylic acids is 1. The Kier molecular flexibility index (Phi) is 21.9. The van der Waals surface area contributed by atoms with Crippen molar-refractivity contribution in [1.82, 2.24) is 35.9 Å². The standard InChI is InChI=1S/C69H83N9O20/c1-36-43(32-69(90)56(96-61(87)41-21-15-12-16-22-41)54-67(8,55(82)52(92-10)49(36)66(69,6)7)44(91-9)31-45-68(54,35-93-45)97-37(2)79)94-62(88)53(50(39-19-13-11-14-20-39)76-64(89)98-65(3,4)5)95-48(81)29-28-47(80)71-30-18-17-23-42(60(85)86)74-58(83)40-26-24-38(25-27-40)33-72-46-34-73-57-51(75-46)59(84)78-63(70)77-57/h11-16,19-22,24-27,34,42-45,50,52-54,56,90H,17-18,23,28-33,35H2,1-10H3,(H,71,80)(H,72,75)(H,74,83)(H,76,89)(H,85,86)(H3,70,73,77,78,84). The summed E-state index contributed by atoms with van der Waals surface area (Å²) in [7, 11) is 2.70. The molecule has 3 heterocycles. The summed E-state index contributed by atoms with van der Waals surface area (Å²) in [6, 6.07) is 19.4. The molecule has 29 nitrogen and oxygen atoms in total. The number of carbonyl (C=O) groups excluding carboxylic acids is 8. The number of nitrogens with zero attached hydrogens (tertiary/aromatic N) is 3. The molecule has 9 N–H and O–H groups in total. The Morgan fingerprint density at radius 1 is 0.857 bits per heavy atom. The van der Waals surface area contributed by atoms with E-state index in [0.29, 0.717) is 0 Å². The van der Waals surface area contributed by atoms with E-state index in [1.165, 1.54) is 51.6 Å². The SMILES string of the molecule is COC1C(=O)C2(C)C(OC)CC3OCC3(OC(C)=O)C2C(OC(=O)c2ccccc2)C2(O)CC(OC(=O)C(OC(=O)CCC(=O)NCCCCC(NC(=O)c3ccc(CNc4cnc5nc(N)[nH]c(=O)c5n4)cc3)C(=O)O)C(NC(=O)OC(C)(C)C)c3ccccc3)C(C)=C1C2(C)C. The van der Waals surface area contributed by atoms with Gasteiger partial charge < -0.3 is 75.1 Å². The number of carboxylic acids is 1. The molecule has 3 fully saturated rings. The summed E-state index contributed by atoms with van der Waals surface area (Å²) < 4.78 is 49.3. The number of rotatable bonds is 25. The maximum Gasteiger partial charge on any atom is 0.408 e. The number of benzene rings is 3. The first kappa shape index (κ1) is 72.6. The molecule has 4 aliphatic rings. The highest BCUT2D eigenvalue weighted by Gasteiger charge is 2.78. The number of aromatic nitrogens is 4. The van der Waals surface area contributed by atoms with Crippen LogP contribution in [0.1, 0.15) is 138 Å². The van der Waals surface area contributed by atoms with Crippen LogP contribution >= 0.6 is 0 Å². The van der Waals surface area contributed by atoms with Crippen LogP contribution in [0.3, 0.4) is 0 Å². The minimum absolute atomic E-state index is 0.0102. The van der Waals surface area contributed by atoms with E-state index in [2.05, 4.69) is 41.2 Å². The zero-order valence-corrected chi connectivity index (χ0v) is 56.1. The third-order valence-electron chi connectivity index (χ3n) is 18.8. The number of hydrogen-bond donors (Lipinski definition) is 8. The maximum atomic E-state index is 16.0. The minimum Gasteiger partial charge on any atom is -0.480 e. The van der Waals surface area contributed by atoms with Gasteiger partial charge >= 0.3 is 35.9 Å². The molecule has 98 heavy (non-hydrogen) atoms.